The van der Waals surface area contributed by atoms with Gasteiger partial charge >= 0.3 is 0 Å². The van der Waals surface area contributed by atoms with Crippen molar-refractivity contribution in [3.05, 3.63) is 42.5 Å². The van der Waals surface area contributed by atoms with E-state index < -0.39 is 0 Å². The summed E-state index contributed by atoms with van der Waals surface area (Å²) in [7, 11) is 0. The zero-order valence-corrected chi connectivity index (χ0v) is 10.8. The topological polar surface area (TPSA) is 12.0 Å². The highest BCUT2D eigenvalue weighted by Gasteiger charge is 2.25. The molecule has 0 aromatic heterocycles. The molecule has 0 amide bonds. The van der Waals surface area contributed by atoms with Crippen LogP contribution in [-0.4, -0.2) is 12.1 Å². The highest BCUT2D eigenvalue weighted by atomic mass is 15.0. The quantitative estimate of drug-likeness (QED) is 0.822. The summed E-state index contributed by atoms with van der Waals surface area (Å²) in [5, 5.41) is 3.70. The predicted molar refractivity (Wildman–Crippen MR) is 75.0 cm³/mol. The Bertz CT molecular complexity index is 360. The van der Waals surface area contributed by atoms with Gasteiger partial charge in [-0.15, -0.1) is 0 Å². The van der Waals surface area contributed by atoms with Gasteiger partial charge in [-0.3, -0.25) is 0 Å². The molecule has 0 spiro atoms. The van der Waals surface area contributed by atoms with Crippen molar-refractivity contribution in [3.8, 4) is 0 Å². The molecule has 2 rings (SSSR count). The van der Waals surface area contributed by atoms with E-state index in [1.807, 2.05) is 6.07 Å². The van der Waals surface area contributed by atoms with Crippen LogP contribution < -0.4 is 5.32 Å². The average Bonchev–Trinajstić information content (AvgIpc) is 2.38. The summed E-state index contributed by atoms with van der Waals surface area (Å²) in [6, 6.07) is 10.5. The molecule has 1 saturated carbocycles. The number of hydrogen-bond acceptors (Lipinski definition) is 1. The second kappa shape index (κ2) is 5.50. The van der Waals surface area contributed by atoms with Gasteiger partial charge < -0.3 is 5.32 Å². The minimum Gasteiger partial charge on any atom is -0.307 e. The smallest absolute Gasteiger partial charge is 0.0210 e. The molecule has 1 aromatic carbocycles. The van der Waals surface area contributed by atoms with Crippen molar-refractivity contribution in [1.82, 2.24) is 5.32 Å². The number of benzene rings is 1. The number of nitrogens with one attached hydrogen (secondary N) is 1. The first kappa shape index (κ1) is 12.4. The molecule has 1 aromatic rings. The molecule has 0 unspecified atom stereocenters. The van der Waals surface area contributed by atoms with Crippen molar-refractivity contribution in [3.63, 3.8) is 0 Å². The van der Waals surface area contributed by atoms with E-state index in [4.69, 9.17) is 0 Å². The van der Waals surface area contributed by atoms with Crippen molar-refractivity contribution in [2.24, 2.45) is 0 Å². The Morgan fingerprint density at radius 2 is 1.82 bits per heavy atom. The van der Waals surface area contributed by atoms with Crippen LogP contribution in [0, 0.1) is 0 Å². The lowest BCUT2D eigenvalue weighted by Crippen LogP contribution is -2.44. The number of rotatable bonds is 4. The normalized spacial score (nSPS) is 18.9. The minimum atomic E-state index is 0.329. The van der Waals surface area contributed by atoms with E-state index >= 15 is 0 Å². The summed E-state index contributed by atoms with van der Waals surface area (Å²) >= 11 is 0. The Morgan fingerprint density at radius 3 is 2.47 bits per heavy atom. The predicted octanol–water partition coefficient (Wildman–Crippen LogP) is 4.01. The SMILES string of the molecule is C=C(CNC1(C)CCCCC1)c1ccccc1. The van der Waals surface area contributed by atoms with Crippen LogP contribution in [0.25, 0.3) is 5.57 Å². The van der Waals surface area contributed by atoms with E-state index in [1.54, 1.807) is 0 Å². The van der Waals surface area contributed by atoms with E-state index in [-0.39, 0.29) is 0 Å². The fraction of sp³-hybridized carbons (Fsp3) is 0.500. The van der Waals surface area contributed by atoms with E-state index in [1.165, 1.54) is 43.2 Å². The summed E-state index contributed by atoms with van der Waals surface area (Å²) in [5.74, 6) is 0. The van der Waals surface area contributed by atoms with Crippen LogP contribution in [0.2, 0.25) is 0 Å². The Hall–Kier alpha value is -1.08. The first-order chi connectivity index (χ1) is 8.20. The molecular weight excluding hydrogens is 206 g/mol. The van der Waals surface area contributed by atoms with Gasteiger partial charge in [0.25, 0.3) is 0 Å². The van der Waals surface area contributed by atoms with E-state index in [0.717, 1.165) is 6.54 Å². The summed E-state index contributed by atoms with van der Waals surface area (Å²) in [4.78, 5) is 0. The maximum Gasteiger partial charge on any atom is 0.0210 e. The van der Waals surface area contributed by atoms with Gasteiger partial charge in [-0.2, -0.15) is 0 Å². The molecule has 92 valence electrons. The Morgan fingerprint density at radius 1 is 1.18 bits per heavy atom. The van der Waals surface area contributed by atoms with E-state index in [2.05, 4.69) is 43.1 Å². The summed E-state index contributed by atoms with van der Waals surface area (Å²) < 4.78 is 0. The zero-order valence-electron chi connectivity index (χ0n) is 10.8. The third kappa shape index (κ3) is 3.44. The molecule has 0 aliphatic heterocycles. The van der Waals surface area contributed by atoms with Gasteiger partial charge in [0.05, 0.1) is 0 Å². The Labute approximate surface area is 105 Å². The fourth-order valence-corrected chi connectivity index (χ4v) is 2.60. The van der Waals surface area contributed by atoms with Crippen molar-refractivity contribution in [2.45, 2.75) is 44.6 Å². The maximum absolute atomic E-state index is 4.18. The molecule has 1 fully saturated rings. The zero-order chi connectivity index (χ0) is 12.1. The molecule has 0 bridgehead atoms. The maximum atomic E-state index is 4.18. The minimum absolute atomic E-state index is 0.329. The molecular formula is C16H23N. The molecule has 0 atom stereocenters. The van der Waals surface area contributed by atoms with Crippen LogP contribution in [-0.2, 0) is 0 Å². The monoisotopic (exact) mass is 229 g/mol. The molecule has 1 aliphatic carbocycles. The second-order valence-corrected chi connectivity index (χ2v) is 5.44. The molecule has 0 heterocycles. The van der Waals surface area contributed by atoms with Gasteiger partial charge in [0.15, 0.2) is 0 Å². The average molecular weight is 229 g/mol. The van der Waals surface area contributed by atoms with Gasteiger partial charge in [0.2, 0.25) is 0 Å². The highest BCUT2D eigenvalue weighted by Crippen LogP contribution is 2.27. The van der Waals surface area contributed by atoms with E-state index in [9.17, 15) is 0 Å². The van der Waals surface area contributed by atoms with Gasteiger partial charge in [-0.25, -0.2) is 0 Å². The first-order valence-corrected chi connectivity index (χ1v) is 6.68. The van der Waals surface area contributed by atoms with Crippen molar-refractivity contribution in [2.75, 3.05) is 6.54 Å². The fourth-order valence-electron chi connectivity index (χ4n) is 2.60. The van der Waals surface area contributed by atoms with Crippen LogP contribution in [0.15, 0.2) is 36.9 Å². The Kier molecular flexibility index (Phi) is 4.01. The molecule has 0 radical (unpaired) electrons. The first-order valence-electron chi connectivity index (χ1n) is 6.68. The lowest BCUT2D eigenvalue weighted by molar-refractivity contribution is 0.264. The third-order valence-electron chi connectivity index (χ3n) is 3.87. The second-order valence-electron chi connectivity index (χ2n) is 5.44. The van der Waals surface area contributed by atoms with Crippen molar-refractivity contribution >= 4 is 5.57 Å². The summed E-state index contributed by atoms with van der Waals surface area (Å²) in [6.45, 7) is 7.43. The molecule has 17 heavy (non-hydrogen) atoms. The molecule has 1 heteroatoms. The lowest BCUT2D eigenvalue weighted by atomic mass is 9.83. The molecule has 1 N–H and O–H groups in total. The largest absolute Gasteiger partial charge is 0.307 e. The van der Waals surface area contributed by atoms with Crippen LogP contribution in [0.3, 0.4) is 0 Å². The molecule has 1 aliphatic rings. The van der Waals surface area contributed by atoms with E-state index in [0.29, 0.717) is 5.54 Å². The molecule has 0 saturated heterocycles. The highest BCUT2D eigenvalue weighted by molar-refractivity contribution is 5.64. The standard InChI is InChI=1S/C16H23N/c1-14(15-9-5-3-6-10-15)13-17-16(2)11-7-4-8-12-16/h3,5-6,9-10,17H,1,4,7-8,11-13H2,2H3. The lowest BCUT2D eigenvalue weighted by Gasteiger charge is -2.35. The molecule has 1 nitrogen and oxygen atoms in total. The summed E-state index contributed by atoms with van der Waals surface area (Å²) in [6.07, 6.45) is 6.73. The van der Waals surface area contributed by atoms with Crippen molar-refractivity contribution in [1.29, 1.82) is 0 Å². The van der Waals surface area contributed by atoms with Crippen molar-refractivity contribution < 1.29 is 0 Å². The van der Waals surface area contributed by atoms with Crippen LogP contribution in [0.4, 0.5) is 0 Å². The third-order valence-corrected chi connectivity index (χ3v) is 3.87. The number of hydrogen-bond donors (Lipinski definition) is 1. The Balaban J connectivity index is 1.87. The summed E-state index contributed by atoms with van der Waals surface area (Å²) in [5.41, 5.74) is 2.77. The van der Waals surface area contributed by atoms with Gasteiger partial charge in [-0.05, 0) is 30.9 Å². The van der Waals surface area contributed by atoms with Crippen LogP contribution in [0.1, 0.15) is 44.6 Å². The van der Waals surface area contributed by atoms with Gasteiger partial charge in [-0.1, -0.05) is 56.2 Å². The van der Waals surface area contributed by atoms with Crippen LogP contribution >= 0.6 is 0 Å². The van der Waals surface area contributed by atoms with Crippen LogP contribution in [0.5, 0.6) is 0 Å². The van der Waals surface area contributed by atoms with Gasteiger partial charge in [0.1, 0.15) is 0 Å². The van der Waals surface area contributed by atoms with Gasteiger partial charge in [0, 0.05) is 12.1 Å².